The van der Waals surface area contributed by atoms with E-state index in [1.807, 2.05) is 27.8 Å². The Morgan fingerprint density at radius 2 is 1.49 bits per heavy atom. The molecule has 1 saturated carbocycles. The van der Waals surface area contributed by atoms with Crippen LogP contribution in [0.3, 0.4) is 0 Å². The minimum Gasteiger partial charge on any atom is -0.464 e. The van der Waals surface area contributed by atoms with Crippen molar-refractivity contribution in [2.75, 3.05) is 26.7 Å². The Labute approximate surface area is 240 Å². The number of hydrogen-bond acceptors (Lipinski definition) is 7. The number of carbonyl (C=O) groups is 2. The molecule has 2 heterocycles. The third-order valence-electron chi connectivity index (χ3n) is 7.84. The van der Waals surface area contributed by atoms with Crippen LogP contribution in [0.5, 0.6) is 0 Å². The quantitative estimate of drug-likeness (QED) is 0.263. The summed E-state index contributed by atoms with van der Waals surface area (Å²) < 4.78 is 10.3. The summed E-state index contributed by atoms with van der Waals surface area (Å²) in [5.41, 5.74) is -2.03. The van der Waals surface area contributed by atoms with E-state index in [1.54, 1.807) is 20.8 Å². The van der Waals surface area contributed by atoms with Gasteiger partial charge in [-0.25, -0.2) is 0 Å². The Balaban J connectivity index is 0.000000651. The first-order valence-corrected chi connectivity index (χ1v) is 15.6. The van der Waals surface area contributed by atoms with Crippen molar-refractivity contribution in [1.29, 1.82) is 0 Å². The highest BCUT2D eigenvalue weighted by Gasteiger charge is 2.38. The minimum absolute atomic E-state index is 0.173. The topological polar surface area (TPSA) is 96.3 Å². The lowest BCUT2D eigenvalue weighted by molar-refractivity contribution is -0.169. The van der Waals surface area contributed by atoms with Crippen LogP contribution >= 0.6 is 0 Å². The molecule has 1 aliphatic carbocycles. The maximum absolute atomic E-state index is 12.3. The molecular formula is C32H63NO6. The normalized spacial score (nSPS) is 33.1. The molecule has 0 aromatic heterocycles. The Morgan fingerprint density at radius 1 is 0.897 bits per heavy atom. The molecule has 2 saturated heterocycles. The highest BCUT2D eigenvalue weighted by molar-refractivity contribution is 6.02. The summed E-state index contributed by atoms with van der Waals surface area (Å²) in [7, 11) is 1.97. The average Bonchev–Trinajstić information content (AvgIpc) is 2.83. The lowest BCUT2D eigenvalue weighted by Crippen LogP contribution is -2.37. The summed E-state index contributed by atoms with van der Waals surface area (Å²) in [6.07, 6.45) is 10.2. The molecule has 2 aliphatic heterocycles. The molecule has 0 spiro atoms. The van der Waals surface area contributed by atoms with E-state index in [4.69, 9.17) is 14.6 Å². The van der Waals surface area contributed by atoms with Gasteiger partial charge in [0.2, 0.25) is 0 Å². The first-order chi connectivity index (χ1) is 18.1. The summed E-state index contributed by atoms with van der Waals surface area (Å²) in [6.45, 7) is 19.3. The molecule has 2 N–H and O–H groups in total. The first kappa shape index (κ1) is 38.0. The summed E-state index contributed by atoms with van der Waals surface area (Å²) in [6, 6.07) is 0. The number of likely N-dealkylation sites (N-methyl/N-ethyl adjacent to an activating group) is 1. The zero-order valence-corrected chi connectivity index (χ0v) is 27.1. The first-order valence-electron chi connectivity index (χ1n) is 15.6. The van der Waals surface area contributed by atoms with Gasteiger partial charge in [-0.1, -0.05) is 66.7 Å². The Kier molecular flexibility index (Phi) is 18.7. The van der Waals surface area contributed by atoms with Crippen LogP contribution in [0.2, 0.25) is 0 Å². The lowest BCUT2D eigenvalue weighted by Gasteiger charge is -2.29. The SMILES string of the molecule is CC.CC1CCCCC1.C[C@H]1CN(C)CCOC(=O)C(C)(C)C(=O)CC[C@](C)(O)C1.C[C@H]1C[C@@H](C)O[C@@H](O)C1. The van der Waals surface area contributed by atoms with Gasteiger partial charge in [-0.3, -0.25) is 9.59 Å². The predicted molar refractivity (Wildman–Crippen MR) is 159 cm³/mol. The molecular weight excluding hydrogens is 494 g/mol. The van der Waals surface area contributed by atoms with Gasteiger partial charge < -0.3 is 24.6 Å². The number of aliphatic hydroxyl groups excluding tert-OH is 1. The Morgan fingerprint density at radius 3 is 1.97 bits per heavy atom. The Hall–Kier alpha value is -1.02. The molecule has 0 unspecified atom stereocenters. The van der Waals surface area contributed by atoms with Crippen LogP contribution in [0.4, 0.5) is 0 Å². The molecule has 0 aromatic rings. The van der Waals surface area contributed by atoms with Crippen molar-refractivity contribution in [1.82, 2.24) is 4.90 Å². The zero-order valence-electron chi connectivity index (χ0n) is 27.1. The number of carbonyl (C=O) groups excluding carboxylic acids is 2. The second-order valence-corrected chi connectivity index (χ2v) is 13.0. The number of ketones is 1. The van der Waals surface area contributed by atoms with Gasteiger partial charge in [-0.2, -0.15) is 0 Å². The smallest absolute Gasteiger partial charge is 0.319 e. The number of Topliss-reactive ketones (excluding diaryl/α,β-unsaturated/α-hetero) is 1. The number of rotatable bonds is 0. The van der Waals surface area contributed by atoms with Crippen molar-refractivity contribution in [3.05, 3.63) is 0 Å². The van der Waals surface area contributed by atoms with Crippen LogP contribution in [0.25, 0.3) is 0 Å². The van der Waals surface area contributed by atoms with Gasteiger partial charge in [-0.15, -0.1) is 0 Å². The van der Waals surface area contributed by atoms with Gasteiger partial charge in [0.05, 0.1) is 11.7 Å². The average molecular weight is 558 g/mol. The molecule has 39 heavy (non-hydrogen) atoms. The van der Waals surface area contributed by atoms with Crippen molar-refractivity contribution in [2.24, 2.45) is 23.2 Å². The van der Waals surface area contributed by atoms with E-state index in [-0.39, 0.29) is 24.9 Å². The summed E-state index contributed by atoms with van der Waals surface area (Å²) >= 11 is 0. The van der Waals surface area contributed by atoms with Crippen LogP contribution in [-0.4, -0.2) is 71.6 Å². The second kappa shape index (κ2) is 19.2. The number of esters is 1. The van der Waals surface area contributed by atoms with E-state index >= 15 is 0 Å². The molecule has 0 bridgehead atoms. The largest absolute Gasteiger partial charge is 0.464 e. The molecule has 7 heteroatoms. The molecule has 0 amide bonds. The van der Waals surface area contributed by atoms with Gasteiger partial charge in [0, 0.05) is 25.9 Å². The highest BCUT2D eigenvalue weighted by atomic mass is 16.6. The van der Waals surface area contributed by atoms with Crippen LogP contribution in [0, 0.1) is 23.2 Å². The summed E-state index contributed by atoms with van der Waals surface area (Å²) in [5, 5.41) is 19.5. The molecule has 3 aliphatic rings. The van der Waals surface area contributed by atoms with E-state index in [2.05, 4.69) is 25.7 Å². The van der Waals surface area contributed by atoms with Gasteiger partial charge in [0.1, 0.15) is 17.8 Å². The molecule has 232 valence electrons. The van der Waals surface area contributed by atoms with Crippen LogP contribution in [-0.2, 0) is 19.1 Å². The standard InChI is InChI=1S/C16H29NO4.C7H14O2.C7H14.C2H6/c1-12-10-16(4,20)7-6-13(18)15(2,3)14(19)21-9-8-17(5)11-12;1-5-3-6(2)9-7(8)4-5;1-7-5-3-2-4-6-7;1-2/h12,20H,6-11H2,1-5H3;5-8H,3-4H2,1-2H3;7H,2-6H2,1H3;1-2H3/t12-,16+;5-,6+,7+;;/m10../s1. The Bertz CT molecular complexity index is 649. The molecule has 5 atom stereocenters. The number of aliphatic hydroxyl groups is 2. The minimum atomic E-state index is -1.14. The van der Waals surface area contributed by atoms with Crippen LogP contribution < -0.4 is 0 Å². The van der Waals surface area contributed by atoms with Crippen molar-refractivity contribution in [2.45, 2.75) is 145 Å². The summed E-state index contributed by atoms with van der Waals surface area (Å²) in [5.74, 6) is 1.31. The second-order valence-electron chi connectivity index (χ2n) is 13.0. The molecule has 0 aromatic carbocycles. The maximum Gasteiger partial charge on any atom is 0.319 e. The third-order valence-corrected chi connectivity index (χ3v) is 7.84. The van der Waals surface area contributed by atoms with Crippen molar-refractivity contribution < 1.29 is 29.3 Å². The third kappa shape index (κ3) is 16.7. The monoisotopic (exact) mass is 557 g/mol. The highest BCUT2D eigenvalue weighted by Crippen LogP contribution is 2.28. The van der Waals surface area contributed by atoms with Crippen LogP contribution in [0.1, 0.15) is 127 Å². The summed E-state index contributed by atoms with van der Waals surface area (Å²) in [4.78, 5) is 26.4. The lowest BCUT2D eigenvalue weighted by atomic mass is 9.82. The van der Waals surface area contributed by atoms with Gasteiger partial charge in [0.25, 0.3) is 0 Å². The van der Waals surface area contributed by atoms with E-state index in [0.29, 0.717) is 31.2 Å². The van der Waals surface area contributed by atoms with E-state index in [0.717, 1.165) is 25.3 Å². The van der Waals surface area contributed by atoms with Crippen molar-refractivity contribution in [3.63, 3.8) is 0 Å². The fourth-order valence-electron chi connectivity index (χ4n) is 5.52. The predicted octanol–water partition coefficient (Wildman–Crippen LogP) is 6.38. The molecule has 7 nitrogen and oxygen atoms in total. The molecule has 3 fully saturated rings. The van der Waals surface area contributed by atoms with Crippen molar-refractivity contribution in [3.8, 4) is 0 Å². The molecule has 0 radical (unpaired) electrons. The maximum atomic E-state index is 12.3. The number of cyclic esters (lactones) is 1. The fraction of sp³-hybridized carbons (Fsp3) is 0.938. The molecule has 3 rings (SSSR count). The number of nitrogens with zero attached hydrogens (tertiary/aromatic N) is 1. The van der Waals surface area contributed by atoms with Gasteiger partial charge in [0.15, 0.2) is 6.29 Å². The van der Waals surface area contributed by atoms with E-state index in [9.17, 15) is 14.7 Å². The zero-order chi connectivity index (χ0) is 30.2. The van der Waals surface area contributed by atoms with E-state index in [1.165, 1.54) is 32.1 Å². The number of ether oxygens (including phenoxy) is 2. The van der Waals surface area contributed by atoms with Gasteiger partial charge >= 0.3 is 5.97 Å². The van der Waals surface area contributed by atoms with E-state index < -0.39 is 23.3 Å². The van der Waals surface area contributed by atoms with Crippen molar-refractivity contribution >= 4 is 11.8 Å². The van der Waals surface area contributed by atoms with Crippen LogP contribution in [0.15, 0.2) is 0 Å². The van der Waals surface area contributed by atoms with Gasteiger partial charge in [-0.05, 0) is 71.8 Å². The fourth-order valence-corrected chi connectivity index (χ4v) is 5.52. The number of hydrogen-bond donors (Lipinski definition) is 2.